The summed E-state index contributed by atoms with van der Waals surface area (Å²) in [6, 6.07) is 3.88. The van der Waals surface area contributed by atoms with Gasteiger partial charge in [0.2, 0.25) is 0 Å². The van der Waals surface area contributed by atoms with Crippen molar-refractivity contribution in [3.05, 3.63) is 23.3 Å². The highest BCUT2D eigenvalue weighted by Gasteiger charge is 2.34. The van der Waals surface area contributed by atoms with Crippen LogP contribution in [0.4, 0.5) is 5.69 Å². The molecule has 1 aromatic carbocycles. The summed E-state index contributed by atoms with van der Waals surface area (Å²) in [6.45, 7) is 15.0. The lowest BCUT2D eigenvalue weighted by Crippen LogP contribution is -2.44. The summed E-state index contributed by atoms with van der Waals surface area (Å²) in [7, 11) is 0. The van der Waals surface area contributed by atoms with Gasteiger partial charge in [0.15, 0.2) is 0 Å². The Morgan fingerprint density at radius 1 is 1.17 bits per heavy atom. The zero-order chi connectivity index (χ0) is 17.6. The highest BCUT2D eigenvalue weighted by molar-refractivity contribution is 5.97. The first kappa shape index (κ1) is 19.5. The molecular weight excluding hydrogens is 290 g/mol. The molecule has 0 radical (unpaired) electrons. The monoisotopic (exact) mass is 321 g/mol. The van der Waals surface area contributed by atoms with Crippen molar-refractivity contribution in [1.82, 2.24) is 0 Å². The molecule has 1 N–H and O–H groups in total. The molecule has 0 aliphatic heterocycles. The predicted octanol–water partition coefficient (Wildman–Crippen LogP) is 4.48. The van der Waals surface area contributed by atoms with E-state index in [1.165, 1.54) is 0 Å². The molecule has 4 nitrogen and oxygen atoms in total. The number of benzene rings is 1. The molecular formula is C19H31NO3. The van der Waals surface area contributed by atoms with Gasteiger partial charge in [-0.3, -0.25) is 4.79 Å². The Labute approximate surface area is 140 Å². The summed E-state index contributed by atoms with van der Waals surface area (Å²) in [5.74, 6) is 1.16. The number of carbonyl (C=O) groups excluding carboxylic acids is 1. The third-order valence-corrected chi connectivity index (χ3v) is 3.75. The van der Waals surface area contributed by atoms with E-state index in [-0.39, 0.29) is 5.91 Å². The molecule has 4 heteroatoms. The van der Waals surface area contributed by atoms with E-state index in [9.17, 15) is 4.79 Å². The van der Waals surface area contributed by atoms with E-state index in [0.717, 1.165) is 22.6 Å². The minimum atomic E-state index is -0.816. The Kier molecular flexibility index (Phi) is 7.07. The lowest BCUT2D eigenvalue weighted by atomic mass is 9.93. The van der Waals surface area contributed by atoms with Gasteiger partial charge in [0.1, 0.15) is 11.4 Å². The molecule has 0 bridgehead atoms. The average molecular weight is 321 g/mol. The molecule has 0 aliphatic carbocycles. The van der Waals surface area contributed by atoms with E-state index >= 15 is 0 Å². The lowest BCUT2D eigenvalue weighted by molar-refractivity contribution is -0.140. The van der Waals surface area contributed by atoms with E-state index in [1.54, 1.807) is 0 Å². The summed E-state index contributed by atoms with van der Waals surface area (Å²) in [6.07, 6.45) is 0.682. The zero-order valence-corrected chi connectivity index (χ0v) is 15.6. The van der Waals surface area contributed by atoms with Crippen LogP contribution in [0.15, 0.2) is 12.1 Å². The van der Waals surface area contributed by atoms with Crippen LogP contribution in [0.5, 0.6) is 5.75 Å². The Morgan fingerprint density at radius 2 is 1.74 bits per heavy atom. The number of nitrogens with one attached hydrogen (secondary N) is 1. The van der Waals surface area contributed by atoms with Crippen LogP contribution in [0.2, 0.25) is 0 Å². The largest absolute Gasteiger partial charge is 0.493 e. The number of rotatable bonds is 8. The second-order valence-electron chi connectivity index (χ2n) is 6.59. The molecule has 1 amide bonds. The highest BCUT2D eigenvalue weighted by atomic mass is 16.5. The summed E-state index contributed by atoms with van der Waals surface area (Å²) in [4.78, 5) is 12.7. The summed E-state index contributed by atoms with van der Waals surface area (Å²) >= 11 is 0. The minimum Gasteiger partial charge on any atom is -0.493 e. The fourth-order valence-electron chi connectivity index (χ4n) is 2.97. The number of carbonyl (C=O) groups is 1. The fraction of sp³-hybridized carbons (Fsp3) is 0.632. The van der Waals surface area contributed by atoms with Crippen molar-refractivity contribution >= 4 is 11.6 Å². The van der Waals surface area contributed by atoms with Crippen molar-refractivity contribution in [2.75, 3.05) is 18.5 Å². The number of anilines is 1. The molecule has 0 spiro atoms. The van der Waals surface area contributed by atoms with Gasteiger partial charge >= 0.3 is 0 Å². The third kappa shape index (κ3) is 5.24. The van der Waals surface area contributed by atoms with Gasteiger partial charge in [-0.15, -0.1) is 0 Å². The molecule has 1 rings (SSSR count). The van der Waals surface area contributed by atoms with Crippen LogP contribution >= 0.6 is 0 Å². The first-order valence-electron chi connectivity index (χ1n) is 8.43. The van der Waals surface area contributed by atoms with Crippen LogP contribution in [0.25, 0.3) is 0 Å². The second-order valence-corrected chi connectivity index (χ2v) is 6.59. The molecule has 0 aliphatic rings. The minimum absolute atomic E-state index is 0.101. The summed E-state index contributed by atoms with van der Waals surface area (Å²) in [5, 5.41) is 3.00. The topological polar surface area (TPSA) is 47.6 Å². The van der Waals surface area contributed by atoms with Crippen molar-refractivity contribution < 1.29 is 14.3 Å². The highest BCUT2D eigenvalue weighted by Crippen LogP contribution is 2.29. The van der Waals surface area contributed by atoms with Gasteiger partial charge in [0.25, 0.3) is 5.91 Å². The Balaban J connectivity index is 2.99. The standard InChI is InChI=1S/C19H31NO3/c1-8-22-17-14(5)10-16(11-15(17)6)20-18(21)19(7,23-9-2)12-13(3)4/h10-11,13H,8-9,12H2,1-7H3,(H,20,21)/t19-/m0/s1. The fourth-order valence-corrected chi connectivity index (χ4v) is 2.97. The van der Waals surface area contributed by atoms with Crippen LogP contribution in [0.1, 0.15) is 52.2 Å². The van der Waals surface area contributed by atoms with Gasteiger partial charge < -0.3 is 14.8 Å². The molecule has 0 heterocycles. The van der Waals surface area contributed by atoms with Gasteiger partial charge in [0, 0.05) is 12.3 Å². The Bertz CT molecular complexity index is 516. The van der Waals surface area contributed by atoms with Gasteiger partial charge in [-0.1, -0.05) is 13.8 Å². The normalized spacial score (nSPS) is 13.7. The zero-order valence-electron chi connectivity index (χ0n) is 15.6. The molecule has 0 fully saturated rings. The smallest absolute Gasteiger partial charge is 0.256 e. The van der Waals surface area contributed by atoms with E-state index < -0.39 is 5.60 Å². The van der Waals surface area contributed by atoms with Gasteiger partial charge in [0.05, 0.1) is 6.61 Å². The number of ether oxygens (including phenoxy) is 2. The molecule has 0 aromatic heterocycles. The molecule has 0 saturated heterocycles. The van der Waals surface area contributed by atoms with Crippen LogP contribution in [-0.4, -0.2) is 24.7 Å². The molecule has 23 heavy (non-hydrogen) atoms. The molecule has 130 valence electrons. The van der Waals surface area contributed by atoms with Crippen molar-refractivity contribution in [3.63, 3.8) is 0 Å². The number of hydrogen-bond acceptors (Lipinski definition) is 3. The molecule has 1 atom stereocenters. The molecule has 0 saturated carbocycles. The van der Waals surface area contributed by atoms with E-state index in [0.29, 0.717) is 25.6 Å². The quantitative estimate of drug-likeness (QED) is 0.768. The van der Waals surface area contributed by atoms with E-state index in [2.05, 4.69) is 19.2 Å². The van der Waals surface area contributed by atoms with Gasteiger partial charge in [-0.25, -0.2) is 0 Å². The van der Waals surface area contributed by atoms with Gasteiger partial charge in [-0.2, -0.15) is 0 Å². The SMILES string of the molecule is CCOc1c(C)cc(NC(=O)[C@](C)(CC(C)C)OCC)cc1C. The van der Waals surface area contributed by atoms with Crippen LogP contribution in [0.3, 0.4) is 0 Å². The lowest BCUT2D eigenvalue weighted by Gasteiger charge is -2.30. The molecule has 1 aromatic rings. The maximum absolute atomic E-state index is 12.7. The summed E-state index contributed by atoms with van der Waals surface area (Å²) < 4.78 is 11.4. The number of hydrogen-bond donors (Lipinski definition) is 1. The third-order valence-electron chi connectivity index (χ3n) is 3.75. The van der Waals surface area contributed by atoms with Crippen LogP contribution in [-0.2, 0) is 9.53 Å². The predicted molar refractivity (Wildman–Crippen MR) is 95.2 cm³/mol. The van der Waals surface area contributed by atoms with E-state index in [4.69, 9.17) is 9.47 Å². The van der Waals surface area contributed by atoms with Crippen LogP contribution < -0.4 is 10.1 Å². The first-order valence-corrected chi connectivity index (χ1v) is 8.43. The van der Waals surface area contributed by atoms with Gasteiger partial charge in [-0.05, 0) is 70.2 Å². The first-order chi connectivity index (χ1) is 10.7. The van der Waals surface area contributed by atoms with Crippen molar-refractivity contribution in [2.24, 2.45) is 5.92 Å². The van der Waals surface area contributed by atoms with Crippen molar-refractivity contribution in [3.8, 4) is 5.75 Å². The van der Waals surface area contributed by atoms with Crippen molar-refractivity contribution in [1.29, 1.82) is 0 Å². The maximum Gasteiger partial charge on any atom is 0.256 e. The second kappa shape index (κ2) is 8.34. The Morgan fingerprint density at radius 3 is 2.17 bits per heavy atom. The van der Waals surface area contributed by atoms with Crippen molar-refractivity contribution in [2.45, 2.75) is 60.5 Å². The average Bonchev–Trinajstić information content (AvgIpc) is 2.42. The summed E-state index contributed by atoms with van der Waals surface area (Å²) in [5.41, 5.74) is 2.00. The number of amides is 1. The Hall–Kier alpha value is -1.55. The van der Waals surface area contributed by atoms with E-state index in [1.807, 2.05) is 46.8 Å². The number of aryl methyl sites for hydroxylation is 2. The van der Waals surface area contributed by atoms with Crippen LogP contribution in [0, 0.1) is 19.8 Å². The molecule has 0 unspecified atom stereocenters. The maximum atomic E-state index is 12.7.